The number of hydrogen-bond donors (Lipinski definition) is 1. The average molecular weight is 246 g/mol. The van der Waals surface area contributed by atoms with Gasteiger partial charge in [-0.1, -0.05) is 31.2 Å². The maximum absolute atomic E-state index is 12.2. The Hall–Kier alpha value is -1.35. The molecule has 0 bridgehead atoms. The number of nitrogens with zero attached hydrogens (tertiary/aromatic N) is 1. The molecule has 0 heterocycles. The van der Waals surface area contributed by atoms with Gasteiger partial charge in [0.2, 0.25) is 5.91 Å². The Morgan fingerprint density at radius 1 is 1.50 bits per heavy atom. The predicted octanol–water partition coefficient (Wildman–Crippen LogP) is 2.26. The highest BCUT2D eigenvalue weighted by Gasteiger charge is 2.28. The van der Waals surface area contributed by atoms with Gasteiger partial charge < -0.3 is 10.6 Å². The highest BCUT2D eigenvalue weighted by atomic mass is 16.2. The molecule has 0 saturated heterocycles. The molecule has 2 rings (SSSR count). The van der Waals surface area contributed by atoms with Gasteiger partial charge in [-0.3, -0.25) is 4.79 Å². The smallest absolute Gasteiger partial charge is 0.239 e. The lowest BCUT2D eigenvalue weighted by Gasteiger charge is -2.34. The van der Waals surface area contributed by atoms with Gasteiger partial charge in [-0.15, -0.1) is 0 Å². The fraction of sp³-hybridized carbons (Fsp3) is 0.533. The minimum Gasteiger partial charge on any atom is -0.337 e. The van der Waals surface area contributed by atoms with Crippen molar-refractivity contribution in [2.45, 2.75) is 44.7 Å². The van der Waals surface area contributed by atoms with Gasteiger partial charge in [0.1, 0.15) is 0 Å². The second kappa shape index (κ2) is 5.53. The van der Waals surface area contributed by atoms with E-state index in [0.717, 1.165) is 19.3 Å². The van der Waals surface area contributed by atoms with E-state index >= 15 is 0 Å². The van der Waals surface area contributed by atoms with Crippen molar-refractivity contribution in [1.82, 2.24) is 4.90 Å². The van der Waals surface area contributed by atoms with Gasteiger partial charge >= 0.3 is 0 Å². The van der Waals surface area contributed by atoms with E-state index in [2.05, 4.69) is 24.3 Å². The SMILES string of the molecule is CC[C@H](N)C(=O)N(C)C1CCCc2ccccc21. The number of nitrogens with two attached hydrogens (primary N) is 1. The van der Waals surface area contributed by atoms with Crippen LogP contribution in [0.2, 0.25) is 0 Å². The monoisotopic (exact) mass is 246 g/mol. The second-order valence-electron chi connectivity index (χ2n) is 5.07. The molecular formula is C15H22N2O. The number of benzene rings is 1. The molecule has 1 amide bonds. The molecule has 1 aromatic carbocycles. The fourth-order valence-electron chi connectivity index (χ4n) is 2.72. The largest absolute Gasteiger partial charge is 0.337 e. The first kappa shape index (κ1) is 13.1. The molecule has 0 spiro atoms. The van der Waals surface area contributed by atoms with Crippen LogP contribution in [-0.4, -0.2) is 23.9 Å². The Labute approximate surface area is 109 Å². The highest BCUT2D eigenvalue weighted by Crippen LogP contribution is 2.33. The molecule has 0 fully saturated rings. The van der Waals surface area contributed by atoms with E-state index in [4.69, 9.17) is 5.73 Å². The van der Waals surface area contributed by atoms with Gasteiger partial charge in [0.05, 0.1) is 12.1 Å². The van der Waals surface area contributed by atoms with Crippen molar-refractivity contribution in [2.75, 3.05) is 7.05 Å². The first-order valence-electron chi connectivity index (χ1n) is 6.75. The van der Waals surface area contributed by atoms with Gasteiger partial charge in [-0.2, -0.15) is 0 Å². The average Bonchev–Trinajstić information content (AvgIpc) is 2.44. The van der Waals surface area contributed by atoms with Gasteiger partial charge in [-0.25, -0.2) is 0 Å². The second-order valence-corrected chi connectivity index (χ2v) is 5.07. The Morgan fingerprint density at radius 3 is 2.94 bits per heavy atom. The molecule has 3 heteroatoms. The number of hydrogen-bond acceptors (Lipinski definition) is 2. The van der Waals surface area contributed by atoms with Gasteiger partial charge in [-0.05, 0) is 36.8 Å². The lowest BCUT2D eigenvalue weighted by Crippen LogP contribution is -2.43. The van der Waals surface area contributed by atoms with Crippen LogP contribution in [-0.2, 0) is 11.2 Å². The predicted molar refractivity (Wildman–Crippen MR) is 73.2 cm³/mol. The molecule has 0 aliphatic heterocycles. The van der Waals surface area contributed by atoms with Crippen molar-refractivity contribution in [1.29, 1.82) is 0 Å². The summed E-state index contributed by atoms with van der Waals surface area (Å²) in [7, 11) is 1.88. The number of carbonyl (C=O) groups excluding carboxylic acids is 1. The molecule has 1 aromatic rings. The lowest BCUT2D eigenvalue weighted by atomic mass is 9.87. The zero-order chi connectivity index (χ0) is 13.1. The van der Waals surface area contributed by atoms with Crippen LogP contribution in [0.5, 0.6) is 0 Å². The summed E-state index contributed by atoms with van der Waals surface area (Å²) >= 11 is 0. The number of amides is 1. The number of rotatable bonds is 3. The maximum atomic E-state index is 12.2. The number of fused-ring (bicyclic) bond motifs is 1. The zero-order valence-electron chi connectivity index (χ0n) is 11.2. The Bertz CT molecular complexity index is 430. The topological polar surface area (TPSA) is 46.3 Å². The molecule has 3 nitrogen and oxygen atoms in total. The van der Waals surface area contributed by atoms with E-state index in [1.165, 1.54) is 11.1 Å². The molecule has 98 valence electrons. The van der Waals surface area contributed by atoms with E-state index in [0.29, 0.717) is 6.42 Å². The van der Waals surface area contributed by atoms with Crippen molar-refractivity contribution in [2.24, 2.45) is 5.73 Å². The summed E-state index contributed by atoms with van der Waals surface area (Å²) in [5.74, 6) is 0.0548. The molecule has 2 N–H and O–H groups in total. The van der Waals surface area contributed by atoms with Crippen LogP contribution < -0.4 is 5.73 Å². The maximum Gasteiger partial charge on any atom is 0.239 e. The van der Waals surface area contributed by atoms with Crippen LogP contribution in [0.4, 0.5) is 0 Å². The molecule has 0 aromatic heterocycles. The molecule has 1 aliphatic carbocycles. The minimum atomic E-state index is -0.371. The quantitative estimate of drug-likeness (QED) is 0.889. The first-order chi connectivity index (χ1) is 8.65. The Morgan fingerprint density at radius 2 is 2.22 bits per heavy atom. The van der Waals surface area contributed by atoms with E-state index < -0.39 is 0 Å². The van der Waals surface area contributed by atoms with E-state index in [1.807, 2.05) is 18.9 Å². The van der Waals surface area contributed by atoms with E-state index in [9.17, 15) is 4.79 Å². The third-order valence-electron chi connectivity index (χ3n) is 3.91. The molecule has 1 aliphatic rings. The third kappa shape index (κ3) is 2.41. The van der Waals surface area contributed by atoms with E-state index in [1.54, 1.807) is 0 Å². The molecule has 0 saturated carbocycles. The summed E-state index contributed by atoms with van der Waals surface area (Å²) in [5.41, 5.74) is 8.52. The minimum absolute atomic E-state index is 0.0548. The van der Waals surface area contributed by atoms with Crippen molar-refractivity contribution in [3.63, 3.8) is 0 Å². The molecule has 1 unspecified atom stereocenters. The Balaban J connectivity index is 2.22. The van der Waals surface area contributed by atoms with Gasteiger partial charge in [0, 0.05) is 7.05 Å². The lowest BCUT2D eigenvalue weighted by molar-refractivity contribution is -0.133. The zero-order valence-corrected chi connectivity index (χ0v) is 11.2. The summed E-state index contributed by atoms with van der Waals surface area (Å²) < 4.78 is 0. The summed E-state index contributed by atoms with van der Waals surface area (Å²) in [6.07, 6.45) is 3.99. The molecule has 18 heavy (non-hydrogen) atoms. The van der Waals surface area contributed by atoms with Crippen molar-refractivity contribution in [3.8, 4) is 0 Å². The van der Waals surface area contributed by atoms with E-state index in [-0.39, 0.29) is 18.0 Å². The third-order valence-corrected chi connectivity index (χ3v) is 3.91. The molecular weight excluding hydrogens is 224 g/mol. The van der Waals surface area contributed by atoms with Crippen LogP contribution in [0, 0.1) is 0 Å². The normalized spacial score (nSPS) is 20.1. The van der Waals surface area contributed by atoms with Crippen LogP contribution in [0.15, 0.2) is 24.3 Å². The molecule has 2 atom stereocenters. The van der Waals surface area contributed by atoms with Gasteiger partial charge in [0.25, 0.3) is 0 Å². The van der Waals surface area contributed by atoms with Crippen LogP contribution in [0.25, 0.3) is 0 Å². The van der Waals surface area contributed by atoms with Crippen molar-refractivity contribution in [3.05, 3.63) is 35.4 Å². The fourth-order valence-corrected chi connectivity index (χ4v) is 2.72. The Kier molecular flexibility index (Phi) is 4.02. The summed E-state index contributed by atoms with van der Waals surface area (Å²) in [6.45, 7) is 1.95. The van der Waals surface area contributed by atoms with Crippen molar-refractivity contribution < 1.29 is 4.79 Å². The summed E-state index contributed by atoms with van der Waals surface area (Å²) in [5, 5.41) is 0. The number of aryl methyl sites for hydroxylation is 1. The highest BCUT2D eigenvalue weighted by molar-refractivity contribution is 5.81. The number of carbonyl (C=O) groups is 1. The molecule has 0 radical (unpaired) electrons. The number of likely N-dealkylation sites (N-methyl/N-ethyl adjacent to an activating group) is 1. The van der Waals surface area contributed by atoms with Gasteiger partial charge in [0.15, 0.2) is 0 Å². The van der Waals surface area contributed by atoms with Crippen LogP contribution in [0.1, 0.15) is 43.4 Å². The van der Waals surface area contributed by atoms with Crippen molar-refractivity contribution >= 4 is 5.91 Å². The van der Waals surface area contributed by atoms with Crippen LogP contribution >= 0.6 is 0 Å². The summed E-state index contributed by atoms with van der Waals surface area (Å²) in [4.78, 5) is 14.0. The first-order valence-corrected chi connectivity index (χ1v) is 6.75. The summed E-state index contributed by atoms with van der Waals surface area (Å²) in [6, 6.07) is 8.25. The standard InChI is InChI=1S/C15H22N2O/c1-3-13(16)15(18)17(2)14-10-6-8-11-7-4-5-9-12(11)14/h4-5,7,9,13-14H,3,6,8,10,16H2,1-2H3/t13-,14?/m0/s1. The van der Waals surface area contributed by atoms with Crippen LogP contribution in [0.3, 0.4) is 0 Å².